The fraction of sp³-hybridized carbons (Fsp3) is 0.526. The molecule has 0 spiro atoms. The van der Waals surface area contributed by atoms with Crippen molar-refractivity contribution in [3.05, 3.63) is 35.5 Å². The van der Waals surface area contributed by atoms with Crippen LogP contribution in [0.2, 0.25) is 0 Å². The molecule has 4 heteroatoms. The van der Waals surface area contributed by atoms with Gasteiger partial charge in [0.15, 0.2) is 0 Å². The monoisotopic (exact) mass is 314 g/mol. The zero-order valence-electron chi connectivity index (χ0n) is 14.5. The molecule has 2 heterocycles. The molecular weight excluding hydrogens is 288 g/mol. The molecule has 0 radical (unpaired) electrons. The van der Waals surface area contributed by atoms with E-state index in [0.29, 0.717) is 13.2 Å². The Morgan fingerprint density at radius 1 is 1.39 bits per heavy atom. The van der Waals surface area contributed by atoms with Gasteiger partial charge >= 0.3 is 0 Å². The highest BCUT2D eigenvalue weighted by atomic mass is 16.5. The Balaban J connectivity index is 1.74. The molecule has 23 heavy (non-hydrogen) atoms. The first kappa shape index (κ1) is 16.1. The second-order valence-electron chi connectivity index (χ2n) is 7.27. The number of carbonyl (C=O) groups excluding carboxylic acids is 1. The van der Waals surface area contributed by atoms with Crippen LogP contribution in [0.15, 0.2) is 24.3 Å². The van der Waals surface area contributed by atoms with Crippen molar-refractivity contribution < 1.29 is 9.53 Å². The number of nitrogens with zero attached hydrogens (tertiary/aromatic N) is 1. The number of benzene rings is 1. The minimum Gasteiger partial charge on any atom is -0.376 e. The van der Waals surface area contributed by atoms with Gasteiger partial charge in [0, 0.05) is 36.2 Å². The van der Waals surface area contributed by atoms with Gasteiger partial charge in [-0.15, -0.1) is 0 Å². The Hall–Kier alpha value is -1.81. The van der Waals surface area contributed by atoms with Crippen LogP contribution in [0.4, 0.5) is 0 Å². The van der Waals surface area contributed by atoms with Crippen LogP contribution < -0.4 is 0 Å². The first-order valence-electron chi connectivity index (χ1n) is 8.32. The van der Waals surface area contributed by atoms with Gasteiger partial charge in [-0.25, -0.2) is 0 Å². The predicted octanol–water partition coefficient (Wildman–Crippen LogP) is 3.64. The quantitative estimate of drug-likeness (QED) is 0.940. The normalized spacial score (nSPS) is 20.6. The molecule has 1 saturated heterocycles. The highest BCUT2D eigenvalue weighted by Gasteiger charge is 2.34. The van der Waals surface area contributed by atoms with Crippen LogP contribution in [0.1, 0.15) is 37.9 Å². The first-order chi connectivity index (χ1) is 10.9. The van der Waals surface area contributed by atoms with E-state index in [1.165, 1.54) is 10.9 Å². The SMILES string of the molecule is Cc1c(CN(C)C(=O)[C@H]2CCOC(C)(C)C2)[nH]c2ccccc12. The van der Waals surface area contributed by atoms with Gasteiger partial charge in [-0.1, -0.05) is 18.2 Å². The average Bonchev–Trinajstić information content (AvgIpc) is 2.82. The summed E-state index contributed by atoms with van der Waals surface area (Å²) in [7, 11) is 1.90. The number of para-hydroxylation sites is 1. The number of hydrogen-bond acceptors (Lipinski definition) is 2. The van der Waals surface area contributed by atoms with Crippen molar-refractivity contribution >= 4 is 16.8 Å². The molecule has 3 rings (SSSR count). The van der Waals surface area contributed by atoms with Gasteiger partial charge in [0.1, 0.15) is 0 Å². The van der Waals surface area contributed by atoms with Crippen LogP contribution in [0, 0.1) is 12.8 Å². The van der Waals surface area contributed by atoms with E-state index in [1.54, 1.807) is 0 Å². The Kier molecular flexibility index (Phi) is 4.19. The molecule has 0 aliphatic carbocycles. The summed E-state index contributed by atoms with van der Waals surface area (Å²) in [6.45, 7) is 7.53. The number of aromatic nitrogens is 1. The van der Waals surface area contributed by atoms with Crippen LogP contribution in [-0.4, -0.2) is 35.0 Å². The van der Waals surface area contributed by atoms with Crippen LogP contribution in [0.3, 0.4) is 0 Å². The summed E-state index contributed by atoms with van der Waals surface area (Å²) in [5, 5.41) is 1.23. The highest BCUT2D eigenvalue weighted by Crippen LogP contribution is 2.30. The lowest BCUT2D eigenvalue weighted by Gasteiger charge is -2.36. The number of carbonyl (C=O) groups is 1. The van der Waals surface area contributed by atoms with Crippen molar-refractivity contribution in [1.29, 1.82) is 0 Å². The fourth-order valence-corrected chi connectivity index (χ4v) is 3.57. The number of hydrogen-bond donors (Lipinski definition) is 1. The summed E-state index contributed by atoms with van der Waals surface area (Å²) >= 11 is 0. The van der Waals surface area contributed by atoms with Gasteiger partial charge in [0.25, 0.3) is 0 Å². The van der Waals surface area contributed by atoms with E-state index in [1.807, 2.05) is 24.1 Å². The molecule has 0 unspecified atom stereocenters. The summed E-state index contributed by atoms with van der Waals surface area (Å²) in [6.07, 6.45) is 1.61. The van der Waals surface area contributed by atoms with E-state index in [-0.39, 0.29) is 17.4 Å². The number of aryl methyl sites for hydroxylation is 1. The second-order valence-corrected chi connectivity index (χ2v) is 7.27. The second kappa shape index (κ2) is 6.00. The van der Waals surface area contributed by atoms with Crippen LogP contribution in [0.25, 0.3) is 10.9 Å². The van der Waals surface area contributed by atoms with Crippen LogP contribution >= 0.6 is 0 Å². The van der Waals surface area contributed by atoms with E-state index in [9.17, 15) is 4.79 Å². The number of nitrogens with one attached hydrogen (secondary N) is 1. The third kappa shape index (κ3) is 3.27. The summed E-state index contributed by atoms with van der Waals surface area (Å²) in [5.74, 6) is 0.285. The smallest absolute Gasteiger partial charge is 0.225 e. The molecule has 0 bridgehead atoms. The lowest BCUT2D eigenvalue weighted by molar-refractivity contribution is -0.144. The molecule has 1 fully saturated rings. The van der Waals surface area contributed by atoms with Crippen molar-refractivity contribution in [1.82, 2.24) is 9.88 Å². The van der Waals surface area contributed by atoms with Crippen molar-refractivity contribution in [3.8, 4) is 0 Å². The van der Waals surface area contributed by atoms with Gasteiger partial charge < -0.3 is 14.6 Å². The van der Waals surface area contributed by atoms with E-state index in [4.69, 9.17) is 4.74 Å². The van der Waals surface area contributed by atoms with Gasteiger partial charge in [-0.3, -0.25) is 4.79 Å². The number of rotatable bonds is 3. The highest BCUT2D eigenvalue weighted by molar-refractivity contribution is 5.84. The van der Waals surface area contributed by atoms with E-state index >= 15 is 0 Å². The summed E-state index contributed by atoms with van der Waals surface area (Å²) in [4.78, 5) is 18.1. The largest absolute Gasteiger partial charge is 0.376 e. The van der Waals surface area contributed by atoms with E-state index in [0.717, 1.165) is 24.1 Å². The first-order valence-corrected chi connectivity index (χ1v) is 8.32. The Bertz CT molecular complexity index is 717. The number of H-pyrrole nitrogens is 1. The molecule has 1 aromatic heterocycles. The van der Waals surface area contributed by atoms with Crippen molar-refractivity contribution in [3.63, 3.8) is 0 Å². The zero-order chi connectivity index (χ0) is 16.6. The molecule has 1 aliphatic heterocycles. The average molecular weight is 314 g/mol. The maximum atomic E-state index is 12.8. The molecule has 1 amide bonds. The van der Waals surface area contributed by atoms with Gasteiger partial charge in [-0.05, 0) is 45.2 Å². The zero-order valence-corrected chi connectivity index (χ0v) is 14.5. The number of ether oxygens (including phenoxy) is 1. The van der Waals surface area contributed by atoms with Crippen molar-refractivity contribution in [2.45, 2.75) is 45.8 Å². The molecule has 1 atom stereocenters. The summed E-state index contributed by atoms with van der Waals surface area (Å²) in [6, 6.07) is 8.27. The summed E-state index contributed by atoms with van der Waals surface area (Å²) in [5.41, 5.74) is 3.28. The Labute approximate surface area is 137 Å². The summed E-state index contributed by atoms with van der Waals surface area (Å²) < 4.78 is 5.73. The minimum atomic E-state index is -0.198. The maximum absolute atomic E-state index is 12.8. The van der Waals surface area contributed by atoms with Crippen LogP contribution in [0.5, 0.6) is 0 Å². The maximum Gasteiger partial charge on any atom is 0.225 e. The molecular formula is C19H26N2O2. The van der Waals surface area contributed by atoms with Crippen molar-refractivity contribution in [2.75, 3.05) is 13.7 Å². The topological polar surface area (TPSA) is 45.3 Å². The standard InChI is InChI=1S/C19H26N2O2/c1-13-15-7-5-6-8-16(15)20-17(13)12-21(4)18(22)14-9-10-23-19(2,3)11-14/h5-8,14,20H,9-12H2,1-4H3/t14-/m0/s1. The number of aromatic amines is 1. The van der Waals surface area contributed by atoms with E-state index in [2.05, 4.69) is 37.9 Å². The molecule has 1 aromatic carbocycles. The third-order valence-electron chi connectivity index (χ3n) is 4.89. The Morgan fingerprint density at radius 2 is 2.13 bits per heavy atom. The number of amides is 1. The molecule has 0 saturated carbocycles. The van der Waals surface area contributed by atoms with Gasteiger partial charge in [0.05, 0.1) is 12.1 Å². The molecule has 124 valence electrons. The minimum absolute atomic E-state index is 0.0634. The molecule has 2 aromatic rings. The van der Waals surface area contributed by atoms with Crippen LogP contribution in [-0.2, 0) is 16.1 Å². The Morgan fingerprint density at radius 3 is 2.83 bits per heavy atom. The van der Waals surface area contributed by atoms with Gasteiger partial charge in [-0.2, -0.15) is 0 Å². The lowest BCUT2D eigenvalue weighted by atomic mass is 9.87. The fourth-order valence-electron chi connectivity index (χ4n) is 3.57. The van der Waals surface area contributed by atoms with Crippen molar-refractivity contribution in [2.24, 2.45) is 5.92 Å². The van der Waals surface area contributed by atoms with Gasteiger partial charge in [0.2, 0.25) is 5.91 Å². The third-order valence-corrected chi connectivity index (χ3v) is 4.89. The molecule has 4 nitrogen and oxygen atoms in total. The molecule has 1 N–H and O–H groups in total. The predicted molar refractivity (Wildman–Crippen MR) is 92.3 cm³/mol. The number of fused-ring (bicyclic) bond motifs is 1. The lowest BCUT2D eigenvalue weighted by Crippen LogP contribution is -2.42. The molecule has 1 aliphatic rings. The van der Waals surface area contributed by atoms with E-state index < -0.39 is 0 Å².